The first-order chi connectivity index (χ1) is 27.9. The van der Waals surface area contributed by atoms with Gasteiger partial charge in [-0.15, -0.1) is 0 Å². The zero-order chi connectivity index (χ0) is 44.1. The first kappa shape index (κ1) is 51.4. The lowest BCUT2D eigenvalue weighted by Crippen LogP contribution is -2.56. The van der Waals surface area contributed by atoms with E-state index in [0.717, 1.165) is 5.57 Å². The van der Waals surface area contributed by atoms with E-state index in [1.807, 2.05) is 45.9 Å². The minimum Gasteiger partial charge on any atom is -0.462 e. The fourth-order valence-electron chi connectivity index (χ4n) is 9.55. The summed E-state index contributed by atoms with van der Waals surface area (Å²) < 4.78 is 51.3. The van der Waals surface area contributed by atoms with Crippen molar-refractivity contribution in [1.82, 2.24) is 4.90 Å². The van der Waals surface area contributed by atoms with E-state index in [9.17, 15) is 9.59 Å². The second-order valence-corrected chi connectivity index (χ2v) is 18.4. The van der Waals surface area contributed by atoms with E-state index in [-0.39, 0.29) is 84.1 Å². The Labute approximate surface area is 358 Å². The Hall–Kier alpha value is -1.96. The van der Waals surface area contributed by atoms with Crippen LogP contribution >= 0.6 is 0 Å². The molecular formula is C48H83NO10. The molecule has 59 heavy (non-hydrogen) atoms. The van der Waals surface area contributed by atoms with Gasteiger partial charge in [0.25, 0.3) is 0 Å². The number of cyclic esters (lactones) is 1. The second kappa shape index (κ2) is 24.6. The molecule has 0 aliphatic carbocycles. The lowest BCUT2D eigenvalue weighted by molar-refractivity contribution is -0.280. The van der Waals surface area contributed by atoms with Crippen molar-refractivity contribution in [2.75, 3.05) is 41.5 Å². The van der Waals surface area contributed by atoms with Crippen LogP contribution in [-0.4, -0.2) is 114 Å². The highest BCUT2D eigenvalue weighted by molar-refractivity contribution is 5.91. The Morgan fingerprint density at radius 1 is 0.831 bits per heavy atom. The van der Waals surface area contributed by atoms with Crippen LogP contribution in [0.2, 0.25) is 0 Å². The number of esters is 1. The fraction of sp³-hybridized carbons (Fsp3) is 0.833. The molecule has 3 rings (SSSR count). The number of carbonyl (C=O) groups is 2. The molecule has 0 radical (unpaired) electrons. The Kier molecular flexibility index (Phi) is 21.4. The van der Waals surface area contributed by atoms with Crippen LogP contribution in [0.15, 0.2) is 36.0 Å². The molecule has 17 atom stereocenters. The van der Waals surface area contributed by atoms with E-state index in [1.54, 1.807) is 20.3 Å². The highest BCUT2D eigenvalue weighted by Crippen LogP contribution is 2.40. The summed E-state index contributed by atoms with van der Waals surface area (Å²) in [5.74, 6) is -0.212. The molecule has 3 heterocycles. The monoisotopic (exact) mass is 834 g/mol. The summed E-state index contributed by atoms with van der Waals surface area (Å²) in [6, 6.07) is 0.208. The molecule has 0 spiro atoms. The predicted molar refractivity (Wildman–Crippen MR) is 232 cm³/mol. The van der Waals surface area contributed by atoms with Gasteiger partial charge in [-0.3, -0.25) is 9.59 Å². The van der Waals surface area contributed by atoms with Crippen molar-refractivity contribution in [3.63, 3.8) is 0 Å². The largest absolute Gasteiger partial charge is 0.462 e. The van der Waals surface area contributed by atoms with Gasteiger partial charge in [0.15, 0.2) is 24.7 Å². The van der Waals surface area contributed by atoms with Gasteiger partial charge in [-0.1, -0.05) is 85.3 Å². The first-order valence-electron chi connectivity index (χ1n) is 22.5. The number of nitrogens with zero attached hydrogens (tertiary/aromatic N) is 1. The molecule has 11 nitrogen and oxygen atoms in total. The second-order valence-electron chi connectivity index (χ2n) is 18.4. The first-order valence-corrected chi connectivity index (χ1v) is 22.5. The van der Waals surface area contributed by atoms with Crippen LogP contribution in [0.5, 0.6) is 0 Å². The number of hydrogen-bond acceptors (Lipinski definition) is 11. The molecule has 2 fully saturated rings. The summed E-state index contributed by atoms with van der Waals surface area (Å²) >= 11 is 0. The Balaban J connectivity index is 2.11. The van der Waals surface area contributed by atoms with Crippen molar-refractivity contribution < 1.29 is 47.5 Å². The van der Waals surface area contributed by atoms with Crippen LogP contribution in [0.1, 0.15) is 109 Å². The van der Waals surface area contributed by atoms with E-state index >= 15 is 0 Å². The van der Waals surface area contributed by atoms with E-state index < -0.39 is 30.9 Å². The molecule has 11 heteroatoms. The quantitative estimate of drug-likeness (QED) is 0.0953. The van der Waals surface area contributed by atoms with Gasteiger partial charge in [-0.2, -0.15) is 0 Å². The van der Waals surface area contributed by atoms with Gasteiger partial charge in [-0.05, 0) is 84.4 Å². The van der Waals surface area contributed by atoms with Crippen molar-refractivity contribution in [3.05, 3.63) is 36.0 Å². The molecule has 3 aliphatic heterocycles. The zero-order valence-electron chi connectivity index (χ0n) is 39.6. The zero-order valence-corrected chi connectivity index (χ0v) is 39.6. The number of ether oxygens (including phenoxy) is 8. The normalized spacial score (nSPS) is 41.3. The molecule has 0 N–H and O–H groups in total. The van der Waals surface area contributed by atoms with Gasteiger partial charge < -0.3 is 42.8 Å². The maximum absolute atomic E-state index is 14.3. The lowest BCUT2D eigenvalue weighted by atomic mass is 9.78. The molecule has 0 aromatic rings. The van der Waals surface area contributed by atoms with Crippen LogP contribution in [0, 0.1) is 53.3 Å². The maximum Gasteiger partial charge on any atom is 0.308 e. The van der Waals surface area contributed by atoms with Crippen LogP contribution in [0.4, 0.5) is 0 Å². The Morgan fingerprint density at radius 2 is 1.47 bits per heavy atom. The van der Waals surface area contributed by atoms with Crippen molar-refractivity contribution in [3.8, 4) is 0 Å². The fourth-order valence-corrected chi connectivity index (χ4v) is 9.55. The lowest BCUT2D eigenvalue weighted by Gasteiger charge is -2.48. The number of hydrogen-bond donors (Lipinski definition) is 0. The van der Waals surface area contributed by atoms with Crippen LogP contribution < -0.4 is 0 Å². The molecule has 3 aliphatic rings. The molecule has 0 amide bonds. The van der Waals surface area contributed by atoms with Crippen LogP contribution in [0.3, 0.4) is 0 Å². The predicted octanol–water partition coefficient (Wildman–Crippen LogP) is 8.65. The van der Waals surface area contributed by atoms with Gasteiger partial charge in [-0.25, -0.2) is 0 Å². The minimum atomic E-state index is -0.584. The third kappa shape index (κ3) is 14.3. The van der Waals surface area contributed by atoms with Gasteiger partial charge >= 0.3 is 5.97 Å². The molecule has 0 aromatic heterocycles. The van der Waals surface area contributed by atoms with Gasteiger partial charge in [0.1, 0.15) is 6.10 Å². The van der Waals surface area contributed by atoms with E-state index in [2.05, 4.69) is 80.5 Å². The Bertz CT molecular complexity index is 1360. The summed E-state index contributed by atoms with van der Waals surface area (Å²) in [4.78, 5) is 30.5. The number of allylic oxidation sites excluding steroid dienone is 4. The topological polar surface area (TPSA) is 111 Å². The van der Waals surface area contributed by atoms with Gasteiger partial charge in [0, 0.05) is 56.3 Å². The van der Waals surface area contributed by atoms with E-state index in [0.29, 0.717) is 44.3 Å². The third-order valence-corrected chi connectivity index (χ3v) is 14.0. The Morgan fingerprint density at radius 3 is 2.08 bits per heavy atom. The number of rotatable bonds is 14. The molecule has 2 saturated heterocycles. The van der Waals surface area contributed by atoms with Gasteiger partial charge in [0.2, 0.25) is 0 Å². The smallest absolute Gasteiger partial charge is 0.308 e. The summed E-state index contributed by atoms with van der Waals surface area (Å²) in [5, 5.41) is 0. The maximum atomic E-state index is 14.3. The van der Waals surface area contributed by atoms with Crippen molar-refractivity contribution in [1.29, 1.82) is 0 Å². The SMILES string of the molecule is CC=CCO[C@@H]1CC(=O)O[C@H](CC)[C@@H](CO[C@@H]2O[C@H](C)[C@@H](C)[C@@H](C)[C@H]2C)/C=C(C)/C=C/C(=O)[C@H](C)C[C@H](CC(OC)OC)[C@H](O[C@@H]2O[C@H](C)[C@@H](C)[C@H](N(C)C)[C@H]2C)[C@H]1C. The third-order valence-electron chi connectivity index (χ3n) is 14.0. The molecule has 0 saturated carbocycles. The molecule has 340 valence electrons. The number of methoxy groups -OCH3 is 2. The summed E-state index contributed by atoms with van der Waals surface area (Å²) in [7, 11) is 7.45. The summed E-state index contributed by atoms with van der Waals surface area (Å²) in [5.41, 5.74) is 0.883. The van der Waals surface area contributed by atoms with Crippen molar-refractivity contribution in [2.24, 2.45) is 53.3 Å². The average Bonchev–Trinajstić information content (AvgIpc) is 3.19. The van der Waals surface area contributed by atoms with Crippen molar-refractivity contribution in [2.45, 2.75) is 164 Å². The highest BCUT2D eigenvalue weighted by atomic mass is 16.7. The van der Waals surface area contributed by atoms with Crippen LogP contribution in [0.25, 0.3) is 0 Å². The van der Waals surface area contributed by atoms with Gasteiger partial charge in [0.05, 0.1) is 44.1 Å². The van der Waals surface area contributed by atoms with Crippen molar-refractivity contribution >= 4 is 11.8 Å². The average molecular weight is 834 g/mol. The van der Waals surface area contributed by atoms with Crippen LogP contribution in [-0.2, 0) is 47.5 Å². The minimum absolute atomic E-state index is 0.00890. The molecular weight excluding hydrogens is 751 g/mol. The van der Waals surface area contributed by atoms with E-state index in [1.165, 1.54) is 0 Å². The summed E-state index contributed by atoms with van der Waals surface area (Å²) in [6.45, 7) is 25.9. The molecule has 0 aromatic carbocycles. The number of carbonyl (C=O) groups excluding carboxylic acids is 2. The molecule has 0 unspecified atom stereocenters. The standard InChI is InChI=1S/C48H83NO10/c1-17-19-22-54-42-26-43(51)58-41(18-2)39(27-55-47-32(7)30(5)31(6)36(11)56-47)23-28(3)20-21-40(50)29(4)24-38(25-44(52-15)53-16)46(34(42)9)59-48-35(10)45(49(13)14)33(8)37(12)57-48/h17,19-21,23,29-39,41-42,44-48H,18,22,24-27H2,1-16H3/b19-17?,21-20+,28-23+/t29-,30-,31+,32-,33-,34+,35-,36-,37-,38-,39-,41-,42-,45+,46-,47-,48+/m1/s1. The molecule has 0 bridgehead atoms. The summed E-state index contributed by atoms with van der Waals surface area (Å²) in [6.07, 6.45) is 7.96. The number of ketones is 1. The van der Waals surface area contributed by atoms with E-state index in [4.69, 9.17) is 37.9 Å². The highest BCUT2D eigenvalue weighted by Gasteiger charge is 2.46.